The molecule has 2 aliphatic rings. The standard InChI is InChI=1S/C19H20N4O3/c1-12-8-19(23-18(21-12)4-6-20-23)22-7-5-14(15(24)10-22)13-2-3-16-17(9-13)26-11-25-16/h2-4,6,8-9,14-15,24H,5,7,10-11H2,1H3. The molecule has 2 aliphatic heterocycles. The predicted molar refractivity (Wildman–Crippen MR) is 95.9 cm³/mol. The van der Waals surface area contributed by atoms with E-state index in [4.69, 9.17) is 9.47 Å². The molecule has 5 rings (SSSR count). The molecule has 4 heterocycles. The maximum Gasteiger partial charge on any atom is 0.231 e. The summed E-state index contributed by atoms with van der Waals surface area (Å²) in [6, 6.07) is 9.86. The lowest BCUT2D eigenvalue weighted by atomic mass is 9.87. The molecule has 0 radical (unpaired) electrons. The molecule has 7 heteroatoms. The largest absolute Gasteiger partial charge is 0.454 e. The van der Waals surface area contributed by atoms with Gasteiger partial charge in [-0.2, -0.15) is 9.61 Å². The summed E-state index contributed by atoms with van der Waals surface area (Å²) in [5.74, 6) is 2.59. The number of aliphatic hydroxyl groups excluding tert-OH is 1. The minimum Gasteiger partial charge on any atom is -0.454 e. The number of ether oxygens (including phenoxy) is 2. The van der Waals surface area contributed by atoms with Crippen LogP contribution in [0, 0.1) is 6.92 Å². The summed E-state index contributed by atoms with van der Waals surface area (Å²) in [6.45, 7) is 3.64. The highest BCUT2D eigenvalue weighted by Crippen LogP contribution is 2.38. The fraction of sp³-hybridized carbons (Fsp3) is 0.368. The number of fused-ring (bicyclic) bond motifs is 2. The van der Waals surface area contributed by atoms with Crippen LogP contribution in [0.4, 0.5) is 5.82 Å². The number of piperidine rings is 1. The van der Waals surface area contributed by atoms with Crippen molar-refractivity contribution in [2.24, 2.45) is 0 Å². The van der Waals surface area contributed by atoms with Gasteiger partial charge < -0.3 is 19.5 Å². The van der Waals surface area contributed by atoms with Gasteiger partial charge in [0.15, 0.2) is 17.1 Å². The van der Waals surface area contributed by atoms with Crippen molar-refractivity contribution in [1.82, 2.24) is 14.6 Å². The number of hydrogen-bond acceptors (Lipinski definition) is 6. The van der Waals surface area contributed by atoms with Crippen LogP contribution >= 0.6 is 0 Å². The summed E-state index contributed by atoms with van der Waals surface area (Å²) >= 11 is 0. The van der Waals surface area contributed by atoms with Crippen molar-refractivity contribution in [2.45, 2.75) is 25.4 Å². The number of aliphatic hydroxyl groups is 1. The molecule has 1 aromatic carbocycles. The summed E-state index contributed by atoms with van der Waals surface area (Å²) in [5.41, 5.74) is 2.87. The summed E-state index contributed by atoms with van der Waals surface area (Å²) in [6.07, 6.45) is 2.13. The molecule has 26 heavy (non-hydrogen) atoms. The summed E-state index contributed by atoms with van der Waals surface area (Å²) in [7, 11) is 0. The Hall–Kier alpha value is -2.80. The van der Waals surface area contributed by atoms with Gasteiger partial charge in [-0.25, -0.2) is 4.98 Å². The highest BCUT2D eigenvalue weighted by atomic mass is 16.7. The van der Waals surface area contributed by atoms with Gasteiger partial charge in [-0.05, 0) is 31.0 Å². The number of hydrogen-bond donors (Lipinski definition) is 1. The van der Waals surface area contributed by atoms with Crippen LogP contribution in [0.2, 0.25) is 0 Å². The SMILES string of the molecule is Cc1cc(N2CCC(c3ccc4c(c3)OCO4)C(O)C2)n2nccc2n1. The molecule has 0 bridgehead atoms. The van der Waals surface area contributed by atoms with Crippen LogP contribution in [0.5, 0.6) is 11.5 Å². The van der Waals surface area contributed by atoms with E-state index >= 15 is 0 Å². The van der Waals surface area contributed by atoms with Crippen molar-refractivity contribution in [1.29, 1.82) is 0 Å². The van der Waals surface area contributed by atoms with Crippen LogP contribution in [-0.4, -0.2) is 45.7 Å². The summed E-state index contributed by atoms with van der Waals surface area (Å²) < 4.78 is 12.7. The zero-order valence-electron chi connectivity index (χ0n) is 14.5. The average Bonchev–Trinajstić information content (AvgIpc) is 3.29. The van der Waals surface area contributed by atoms with Crippen molar-refractivity contribution < 1.29 is 14.6 Å². The first-order chi connectivity index (χ1) is 12.7. The maximum atomic E-state index is 10.8. The molecule has 1 saturated heterocycles. The zero-order chi connectivity index (χ0) is 17.7. The van der Waals surface area contributed by atoms with Crippen molar-refractivity contribution >= 4 is 11.5 Å². The Morgan fingerprint density at radius 3 is 2.92 bits per heavy atom. The quantitative estimate of drug-likeness (QED) is 0.762. The topological polar surface area (TPSA) is 72.1 Å². The van der Waals surface area contributed by atoms with Crippen LogP contribution in [-0.2, 0) is 0 Å². The van der Waals surface area contributed by atoms with Gasteiger partial charge in [-0.3, -0.25) is 0 Å². The third kappa shape index (κ3) is 2.47. The number of benzene rings is 1. The number of aryl methyl sites for hydroxylation is 1. The number of nitrogens with zero attached hydrogens (tertiary/aromatic N) is 4. The van der Waals surface area contributed by atoms with Gasteiger partial charge >= 0.3 is 0 Å². The molecule has 7 nitrogen and oxygen atoms in total. The normalized spacial score (nSPS) is 22.2. The van der Waals surface area contributed by atoms with Gasteiger partial charge in [0.05, 0.1) is 12.3 Å². The second-order valence-corrected chi connectivity index (χ2v) is 6.88. The Morgan fingerprint density at radius 2 is 2.04 bits per heavy atom. The Labute approximate surface area is 150 Å². The first-order valence-electron chi connectivity index (χ1n) is 8.83. The third-order valence-electron chi connectivity index (χ3n) is 5.20. The zero-order valence-corrected chi connectivity index (χ0v) is 14.5. The molecule has 2 aromatic heterocycles. The fourth-order valence-corrected chi connectivity index (χ4v) is 3.92. The van der Waals surface area contributed by atoms with Crippen LogP contribution in [0.1, 0.15) is 23.6 Å². The van der Waals surface area contributed by atoms with E-state index in [0.29, 0.717) is 6.54 Å². The lowest BCUT2D eigenvalue weighted by Gasteiger charge is -2.37. The van der Waals surface area contributed by atoms with E-state index in [1.54, 1.807) is 6.20 Å². The molecule has 0 spiro atoms. The number of aromatic nitrogens is 3. The Bertz CT molecular complexity index is 971. The van der Waals surface area contributed by atoms with Gasteiger partial charge in [0.25, 0.3) is 0 Å². The summed E-state index contributed by atoms with van der Waals surface area (Å²) in [5, 5.41) is 15.2. The molecule has 3 aromatic rings. The van der Waals surface area contributed by atoms with Gasteiger partial charge in [-0.15, -0.1) is 0 Å². The molecular formula is C19H20N4O3. The van der Waals surface area contributed by atoms with Crippen LogP contribution < -0.4 is 14.4 Å². The second kappa shape index (κ2) is 5.88. The fourth-order valence-electron chi connectivity index (χ4n) is 3.92. The average molecular weight is 352 g/mol. The second-order valence-electron chi connectivity index (χ2n) is 6.88. The van der Waals surface area contributed by atoms with E-state index in [1.165, 1.54) is 0 Å². The third-order valence-corrected chi connectivity index (χ3v) is 5.20. The number of β-amino-alcohol motifs (C(OH)–C–C–N with tert-alkyl or cyclic N) is 1. The Morgan fingerprint density at radius 1 is 1.15 bits per heavy atom. The Balaban J connectivity index is 1.41. The molecule has 0 aliphatic carbocycles. The first-order valence-corrected chi connectivity index (χ1v) is 8.83. The molecule has 0 amide bonds. The van der Waals surface area contributed by atoms with E-state index in [9.17, 15) is 5.11 Å². The summed E-state index contributed by atoms with van der Waals surface area (Å²) in [4.78, 5) is 6.67. The van der Waals surface area contributed by atoms with Crippen molar-refractivity contribution in [3.05, 3.63) is 47.8 Å². The minimum atomic E-state index is -0.469. The molecule has 2 unspecified atom stereocenters. The highest BCUT2D eigenvalue weighted by Gasteiger charge is 2.31. The van der Waals surface area contributed by atoms with E-state index in [-0.39, 0.29) is 12.7 Å². The van der Waals surface area contributed by atoms with E-state index < -0.39 is 6.10 Å². The molecule has 1 N–H and O–H groups in total. The van der Waals surface area contributed by atoms with E-state index in [2.05, 4.69) is 15.0 Å². The van der Waals surface area contributed by atoms with Crippen molar-refractivity contribution in [2.75, 3.05) is 24.8 Å². The smallest absolute Gasteiger partial charge is 0.231 e. The predicted octanol–water partition coefficient (Wildman–Crippen LogP) is 2.12. The van der Waals surface area contributed by atoms with Crippen LogP contribution in [0.3, 0.4) is 0 Å². The minimum absolute atomic E-state index is 0.0804. The lowest BCUT2D eigenvalue weighted by molar-refractivity contribution is 0.129. The van der Waals surface area contributed by atoms with Crippen molar-refractivity contribution in [3.8, 4) is 11.5 Å². The van der Waals surface area contributed by atoms with E-state index in [0.717, 1.165) is 47.2 Å². The van der Waals surface area contributed by atoms with Crippen molar-refractivity contribution in [3.63, 3.8) is 0 Å². The maximum absolute atomic E-state index is 10.8. The van der Waals surface area contributed by atoms with Crippen LogP contribution in [0.25, 0.3) is 5.65 Å². The molecule has 134 valence electrons. The lowest BCUT2D eigenvalue weighted by Crippen LogP contribution is -2.43. The number of rotatable bonds is 2. The first kappa shape index (κ1) is 15.5. The number of anilines is 1. The van der Waals surface area contributed by atoms with Gasteiger partial charge in [0, 0.05) is 36.8 Å². The van der Waals surface area contributed by atoms with Gasteiger partial charge in [-0.1, -0.05) is 6.07 Å². The molecule has 0 saturated carbocycles. The van der Waals surface area contributed by atoms with Crippen LogP contribution in [0.15, 0.2) is 36.5 Å². The molecular weight excluding hydrogens is 332 g/mol. The molecule has 2 atom stereocenters. The molecule has 1 fully saturated rings. The van der Waals surface area contributed by atoms with Gasteiger partial charge in [0.1, 0.15) is 5.82 Å². The Kier molecular flexibility index (Phi) is 3.49. The highest BCUT2D eigenvalue weighted by molar-refractivity contribution is 5.52. The monoisotopic (exact) mass is 352 g/mol. The van der Waals surface area contributed by atoms with Gasteiger partial charge in [0.2, 0.25) is 6.79 Å². The van der Waals surface area contributed by atoms with E-state index in [1.807, 2.05) is 41.8 Å².